The quantitative estimate of drug-likeness (QED) is 0.767. The molecule has 0 unspecified atom stereocenters. The first-order chi connectivity index (χ1) is 12.8. The van der Waals surface area contributed by atoms with Crippen LogP contribution < -0.4 is 5.32 Å². The highest BCUT2D eigenvalue weighted by Gasteiger charge is 2.27. The molecule has 1 saturated heterocycles. The van der Waals surface area contributed by atoms with Crippen molar-refractivity contribution in [2.45, 2.75) is 31.1 Å². The molecule has 0 radical (unpaired) electrons. The Morgan fingerprint density at radius 2 is 1.70 bits per heavy atom. The van der Waals surface area contributed by atoms with Gasteiger partial charge in [-0.05, 0) is 55.7 Å². The predicted molar refractivity (Wildman–Crippen MR) is 108 cm³/mol. The second kappa shape index (κ2) is 8.19. The van der Waals surface area contributed by atoms with Gasteiger partial charge < -0.3 is 5.32 Å². The minimum Gasteiger partial charge on any atom is -0.322 e. The Hall–Kier alpha value is -1.60. The van der Waals surface area contributed by atoms with E-state index in [1.54, 1.807) is 18.2 Å². The van der Waals surface area contributed by atoms with Crippen molar-refractivity contribution < 1.29 is 13.2 Å². The van der Waals surface area contributed by atoms with E-state index in [1.165, 1.54) is 22.5 Å². The third-order valence-corrected chi connectivity index (χ3v) is 7.20. The maximum atomic E-state index is 12.8. The van der Waals surface area contributed by atoms with Crippen LogP contribution in [-0.4, -0.2) is 31.7 Å². The van der Waals surface area contributed by atoms with Gasteiger partial charge in [0.05, 0.1) is 15.5 Å². The molecule has 3 rings (SSSR count). The molecule has 1 heterocycles. The predicted octanol–water partition coefficient (Wildman–Crippen LogP) is 4.73. The van der Waals surface area contributed by atoms with Crippen molar-refractivity contribution in [2.75, 3.05) is 18.4 Å². The molecule has 0 aliphatic carbocycles. The van der Waals surface area contributed by atoms with Crippen LogP contribution in [0.5, 0.6) is 0 Å². The Kier molecular flexibility index (Phi) is 6.11. The van der Waals surface area contributed by atoms with E-state index >= 15 is 0 Å². The Labute approximate surface area is 169 Å². The number of halogens is 2. The smallest absolute Gasteiger partial charge is 0.257 e. The number of benzene rings is 2. The molecule has 0 spiro atoms. The molecular formula is C19H20Cl2N2O3S. The van der Waals surface area contributed by atoms with Crippen LogP contribution in [0.3, 0.4) is 0 Å². The molecule has 8 heteroatoms. The molecule has 144 valence electrons. The first-order valence-corrected chi connectivity index (χ1v) is 10.9. The number of hydrogen-bond donors (Lipinski definition) is 1. The van der Waals surface area contributed by atoms with Crippen LogP contribution in [0.4, 0.5) is 5.69 Å². The van der Waals surface area contributed by atoms with E-state index in [-0.39, 0.29) is 15.5 Å². The molecule has 1 aliphatic rings. The zero-order chi connectivity index (χ0) is 19.6. The molecular weight excluding hydrogens is 407 g/mol. The summed E-state index contributed by atoms with van der Waals surface area (Å²) < 4.78 is 27.2. The van der Waals surface area contributed by atoms with Gasteiger partial charge in [0, 0.05) is 23.8 Å². The molecule has 0 aromatic heterocycles. The Bertz CT molecular complexity index is 971. The minimum absolute atomic E-state index is 0.0703. The van der Waals surface area contributed by atoms with Gasteiger partial charge in [0.2, 0.25) is 10.0 Å². The van der Waals surface area contributed by atoms with Gasteiger partial charge in [0.15, 0.2) is 0 Å². The fourth-order valence-corrected chi connectivity index (χ4v) is 4.89. The van der Waals surface area contributed by atoms with Gasteiger partial charge in [0.25, 0.3) is 5.91 Å². The van der Waals surface area contributed by atoms with Crippen LogP contribution in [0, 0.1) is 6.92 Å². The number of sulfonamides is 1. The molecule has 1 amide bonds. The van der Waals surface area contributed by atoms with Gasteiger partial charge in [-0.1, -0.05) is 35.7 Å². The van der Waals surface area contributed by atoms with Crippen LogP contribution in [0.2, 0.25) is 10.0 Å². The molecule has 0 atom stereocenters. The third-order valence-electron chi connectivity index (χ3n) is 4.56. The van der Waals surface area contributed by atoms with Crippen molar-refractivity contribution in [3.63, 3.8) is 0 Å². The summed E-state index contributed by atoms with van der Waals surface area (Å²) in [6.07, 6.45) is 2.71. The summed E-state index contributed by atoms with van der Waals surface area (Å²) in [4.78, 5) is 12.7. The van der Waals surface area contributed by atoms with E-state index in [4.69, 9.17) is 23.2 Å². The topological polar surface area (TPSA) is 66.5 Å². The maximum Gasteiger partial charge on any atom is 0.257 e. The number of rotatable bonds is 4. The highest BCUT2D eigenvalue weighted by molar-refractivity contribution is 7.89. The summed E-state index contributed by atoms with van der Waals surface area (Å²) in [7, 11) is -3.65. The molecule has 1 fully saturated rings. The third kappa shape index (κ3) is 4.46. The second-order valence-electron chi connectivity index (χ2n) is 6.52. The van der Waals surface area contributed by atoms with Gasteiger partial charge in [0.1, 0.15) is 0 Å². The van der Waals surface area contributed by atoms with E-state index in [0.717, 1.165) is 24.8 Å². The molecule has 1 N–H and O–H groups in total. The molecule has 2 aromatic carbocycles. The second-order valence-corrected chi connectivity index (χ2v) is 9.28. The SMILES string of the molecule is Cc1ccc(NC(=O)c2cc(S(=O)(=O)N3CCCCC3)ccc2Cl)cc1Cl. The number of amides is 1. The summed E-state index contributed by atoms with van der Waals surface area (Å²) >= 11 is 12.2. The first-order valence-electron chi connectivity index (χ1n) is 8.66. The minimum atomic E-state index is -3.65. The van der Waals surface area contributed by atoms with E-state index in [1.807, 2.05) is 6.92 Å². The maximum absolute atomic E-state index is 12.8. The van der Waals surface area contributed by atoms with Gasteiger partial charge >= 0.3 is 0 Å². The molecule has 27 heavy (non-hydrogen) atoms. The lowest BCUT2D eigenvalue weighted by molar-refractivity contribution is 0.102. The average Bonchev–Trinajstić information content (AvgIpc) is 2.65. The van der Waals surface area contributed by atoms with Gasteiger partial charge in [-0.2, -0.15) is 4.31 Å². The molecule has 1 aliphatic heterocycles. The Morgan fingerprint density at radius 1 is 1.00 bits per heavy atom. The largest absolute Gasteiger partial charge is 0.322 e. The number of carbonyl (C=O) groups is 1. The van der Waals surface area contributed by atoms with Crippen LogP contribution in [0.15, 0.2) is 41.3 Å². The Morgan fingerprint density at radius 3 is 2.37 bits per heavy atom. The number of aryl methyl sites for hydroxylation is 1. The fraction of sp³-hybridized carbons (Fsp3) is 0.316. The monoisotopic (exact) mass is 426 g/mol. The lowest BCUT2D eigenvalue weighted by atomic mass is 10.2. The number of anilines is 1. The zero-order valence-corrected chi connectivity index (χ0v) is 17.2. The lowest BCUT2D eigenvalue weighted by Gasteiger charge is -2.26. The summed E-state index contributed by atoms with van der Waals surface area (Å²) in [5.74, 6) is -0.490. The van der Waals surface area contributed by atoms with E-state index in [9.17, 15) is 13.2 Å². The summed E-state index contributed by atoms with van der Waals surface area (Å²) in [6.45, 7) is 2.85. The van der Waals surface area contributed by atoms with E-state index in [2.05, 4.69) is 5.32 Å². The van der Waals surface area contributed by atoms with Crippen molar-refractivity contribution in [2.24, 2.45) is 0 Å². The number of nitrogens with one attached hydrogen (secondary N) is 1. The zero-order valence-electron chi connectivity index (χ0n) is 14.8. The van der Waals surface area contributed by atoms with Crippen molar-refractivity contribution in [1.29, 1.82) is 0 Å². The summed E-state index contributed by atoms with van der Waals surface area (Å²) in [6, 6.07) is 9.35. The van der Waals surface area contributed by atoms with Gasteiger partial charge in [-0.3, -0.25) is 4.79 Å². The average molecular weight is 427 g/mol. The van der Waals surface area contributed by atoms with Gasteiger partial charge in [-0.15, -0.1) is 0 Å². The number of carbonyl (C=O) groups excluding carboxylic acids is 1. The van der Waals surface area contributed by atoms with E-state index in [0.29, 0.717) is 23.8 Å². The summed E-state index contributed by atoms with van der Waals surface area (Å²) in [5.41, 5.74) is 1.50. The van der Waals surface area contributed by atoms with E-state index < -0.39 is 15.9 Å². The number of piperidine rings is 1. The summed E-state index contributed by atoms with van der Waals surface area (Å²) in [5, 5.41) is 3.42. The van der Waals surface area contributed by atoms with Crippen LogP contribution in [-0.2, 0) is 10.0 Å². The fourth-order valence-electron chi connectivity index (χ4n) is 2.96. The first kappa shape index (κ1) is 20.1. The van der Waals surface area contributed by atoms with Crippen molar-refractivity contribution >= 4 is 44.8 Å². The van der Waals surface area contributed by atoms with Gasteiger partial charge in [-0.25, -0.2) is 8.42 Å². The normalized spacial score (nSPS) is 15.5. The van der Waals surface area contributed by atoms with Crippen LogP contribution in [0.25, 0.3) is 0 Å². The highest BCUT2D eigenvalue weighted by atomic mass is 35.5. The van der Waals surface area contributed by atoms with Crippen LogP contribution >= 0.6 is 23.2 Å². The Balaban J connectivity index is 1.88. The highest BCUT2D eigenvalue weighted by Crippen LogP contribution is 2.26. The molecule has 2 aromatic rings. The van der Waals surface area contributed by atoms with Crippen molar-refractivity contribution in [3.8, 4) is 0 Å². The lowest BCUT2D eigenvalue weighted by Crippen LogP contribution is -2.35. The van der Waals surface area contributed by atoms with Crippen molar-refractivity contribution in [3.05, 3.63) is 57.6 Å². The number of hydrogen-bond acceptors (Lipinski definition) is 3. The number of nitrogens with zero attached hydrogens (tertiary/aromatic N) is 1. The van der Waals surface area contributed by atoms with Crippen molar-refractivity contribution in [1.82, 2.24) is 4.31 Å². The molecule has 5 nitrogen and oxygen atoms in total. The standard InChI is InChI=1S/C19H20Cl2N2O3S/c1-13-5-6-14(11-18(13)21)22-19(24)16-12-15(7-8-17(16)20)27(25,26)23-9-3-2-4-10-23/h5-8,11-12H,2-4,9-10H2,1H3,(H,22,24). The molecule has 0 bridgehead atoms. The molecule has 0 saturated carbocycles. The van der Waals surface area contributed by atoms with Crippen LogP contribution in [0.1, 0.15) is 35.2 Å².